The Kier molecular flexibility index (Phi) is 6.55. The van der Waals surface area contributed by atoms with Crippen LogP contribution in [0.5, 0.6) is 5.75 Å². The standard InChI is InChI=1S/C19H26N4O2S/c1-13-5-3-4-6-16(13)20-18(24)12-26-19-21-17(22-23-19)11-14-7-9-15(25-2)10-8-14/h7-10,13,16H,3-6,11-12H2,1-2H3,(H,20,24)(H,21,22,23)/t13-,16+/m1/s1. The van der Waals surface area contributed by atoms with Crippen molar-refractivity contribution in [2.75, 3.05) is 12.9 Å². The zero-order chi connectivity index (χ0) is 18.4. The normalized spacial score (nSPS) is 19.9. The number of hydrogen-bond acceptors (Lipinski definition) is 5. The van der Waals surface area contributed by atoms with Gasteiger partial charge in [0.1, 0.15) is 11.6 Å². The van der Waals surface area contributed by atoms with Crippen LogP contribution in [0.15, 0.2) is 29.4 Å². The highest BCUT2D eigenvalue weighted by Crippen LogP contribution is 2.24. The van der Waals surface area contributed by atoms with Crippen LogP contribution < -0.4 is 10.1 Å². The first-order chi connectivity index (χ1) is 12.6. The first kappa shape index (κ1) is 18.8. The number of methoxy groups -OCH3 is 1. The fourth-order valence-electron chi connectivity index (χ4n) is 3.27. The number of nitrogens with one attached hydrogen (secondary N) is 2. The van der Waals surface area contributed by atoms with E-state index in [1.807, 2.05) is 24.3 Å². The average molecular weight is 375 g/mol. The molecular formula is C19H26N4O2S. The Hall–Kier alpha value is -2.02. The van der Waals surface area contributed by atoms with Gasteiger partial charge >= 0.3 is 0 Å². The van der Waals surface area contributed by atoms with Gasteiger partial charge in [-0.1, -0.05) is 43.7 Å². The lowest BCUT2D eigenvalue weighted by atomic mass is 9.86. The Morgan fingerprint density at radius 3 is 2.81 bits per heavy atom. The molecule has 3 rings (SSSR count). The average Bonchev–Trinajstić information content (AvgIpc) is 3.10. The van der Waals surface area contributed by atoms with Gasteiger partial charge in [0, 0.05) is 12.5 Å². The molecule has 1 amide bonds. The molecule has 2 aromatic rings. The summed E-state index contributed by atoms with van der Waals surface area (Å²) in [6, 6.07) is 8.19. The van der Waals surface area contributed by atoms with Crippen molar-refractivity contribution in [3.8, 4) is 5.75 Å². The van der Waals surface area contributed by atoms with Crippen LogP contribution in [0.25, 0.3) is 0 Å². The molecule has 0 spiro atoms. The number of aromatic amines is 1. The van der Waals surface area contributed by atoms with Crippen LogP contribution in [0, 0.1) is 5.92 Å². The molecule has 1 aromatic carbocycles. The van der Waals surface area contributed by atoms with Gasteiger partial charge < -0.3 is 10.1 Å². The third kappa shape index (κ3) is 5.24. The third-order valence-corrected chi connectivity index (χ3v) is 5.68. The summed E-state index contributed by atoms with van der Waals surface area (Å²) in [6.45, 7) is 2.22. The molecule has 140 valence electrons. The van der Waals surface area contributed by atoms with E-state index in [4.69, 9.17) is 4.74 Å². The molecular weight excluding hydrogens is 348 g/mol. The zero-order valence-corrected chi connectivity index (χ0v) is 16.1. The molecule has 1 heterocycles. The van der Waals surface area contributed by atoms with Crippen molar-refractivity contribution in [1.82, 2.24) is 20.5 Å². The first-order valence-corrected chi connectivity index (χ1v) is 10.1. The number of benzene rings is 1. The lowest BCUT2D eigenvalue weighted by Crippen LogP contribution is -2.41. The van der Waals surface area contributed by atoms with Crippen LogP contribution in [0.3, 0.4) is 0 Å². The molecule has 1 aliphatic carbocycles. The predicted molar refractivity (Wildman–Crippen MR) is 102 cm³/mol. The predicted octanol–water partition coefficient (Wildman–Crippen LogP) is 3.19. The summed E-state index contributed by atoms with van der Waals surface area (Å²) in [5.41, 5.74) is 1.13. The summed E-state index contributed by atoms with van der Waals surface area (Å²) in [5, 5.41) is 10.9. The number of amides is 1. The van der Waals surface area contributed by atoms with Gasteiger partial charge in [0.2, 0.25) is 11.1 Å². The molecule has 1 fully saturated rings. The summed E-state index contributed by atoms with van der Waals surface area (Å²) in [7, 11) is 1.65. The molecule has 1 saturated carbocycles. The molecule has 1 aromatic heterocycles. The Balaban J connectivity index is 1.46. The smallest absolute Gasteiger partial charge is 0.230 e. The van der Waals surface area contributed by atoms with E-state index in [9.17, 15) is 4.79 Å². The van der Waals surface area contributed by atoms with Crippen molar-refractivity contribution in [3.63, 3.8) is 0 Å². The molecule has 0 bridgehead atoms. The quantitative estimate of drug-likeness (QED) is 0.728. The SMILES string of the molecule is COc1ccc(Cc2nc(SCC(=O)N[C@H]3CCCC[C@H]3C)n[nH]2)cc1. The van der Waals surface area contributed by atoms with Gasteiger partial charge in [0.05, 0.1) is 12.9 Å². The Labute approximate surface area is 158 Å². The number of nitrogens with zero attached hydrogens (tertiary/aromatic N) is 2. The van der Waals surface area contributed by atoms with E-state index in [0.717, 1.165) is 23.6 Å². The van der Waals surface area contributed by atoms with Crippen LogP contribution in [0.4, 0.5) is 0 Å². The number of H-pyrrole nitrogens is 1. The van der Waals surface area contributed by atoms with E-state index in [-0.39, 0.29) is 5.91 Å². The lowest BCUT2D eigenvalue weighted by molar-refractivity contribution is -0.119. The van der Waals surface area contributed by atoms with E-state index in [0.29, 0.717) is 29.3 Å². The second-order valence-corrected chi connectivity index (χ2v) is 7.76. The maximum atomic E-state index is 12.2. The number of thioether (sulfide) groups is 1. The van der Waals surface area contributed by atoms with Crippen molar-refractivity contribution in [2.45, 2.75) is 50.2 Å². The van der Waals surface area contributed by atoms with E-state index >= 15 is 0 Å². The minimum absolute atomic E-state index is 0.0651. The monoisotopic (exact) mass is 374 g/mol. The Morgan fingerprint density at radius 2 is 2.08 bits per heavy atom. The van der Waals surface area contributed by atoms with Crippen LogP contribution in [0.1, 0.15) is 44.0 Å². The molecule has 2 N–H and O–H groups in total. The summed E-state index contributed by atoms with van der Waals surface area (Å²) >= 11 is 1.37. The van der Waals surface area contributed by atoms with Crippen LogP contribution in [-0.2, 0) is 11.2 Å². The van der Waals surface area contributed by atoms with Gasteiger partial charge in [0.25, 0.3) is 0 Å². The molecule has 0 saturated heterocycles. The number of ether oxygens (including phenoxy) is 1. The molecule has 0 aliphatic heterocycles. The first-order valence-electron chi connectivity index (χ1n) is 9.10. The Morgan fingerprint density at radius 1 is 1.31 bits per heavy atom. The second kappa shape index (κ2) is 9.07. The van der Waals surface area contributed by atoms with E-state index < -0.39 is 0 Å². The molecule has 0 radical (unpaired) electrons. The van der Waals surface area contributed by atoms with Gasteiger partial charge in [-0.2, -0.15) is 0 Å². The largest absolute Gasteiger partial charge is 0.497 e. The molecule has 6 nitrogen and oxygen atoms in total. The number of carbonyl (C=O) groups excluding carboxylic acids is 1. The molecule has 26 heavy (non-hydrogen) atoms. The summed E-state index contributed by atoms with van der Waals surface area (Å²) in [4.78, 5) is 16.6. The second-order valence-electron chi connectivity index (χ2n) is 6.81. The summed E-state index contributed by atoms with van der Waals surface area (Å²) in [6.07, 6.45) is 5.44. The molecule has 1 aliphatic rings. The van der Waals surface area contributed by atoms with Crippen molar-refractivity contribution in [2.24, 2.45) is 5.92 Å². The van der Waals surface area contributed by atoms with Crippen LogP contribution in [0.2, 0.25) is 0 Å². The van der Waals surface area contributed by atoms with Gasteiger partial charge in [-0.15, -0.1) is 5.10 Å². The van der Waals surface area contributed by atoms with Crippen molar-refractivity contribution < 1.29 is 9.53 Å². The topological polar surface area (TPSA) is 79.9 Å². The summed E-state index contributed by atoms with van der Waals surface area (Å²) < 4.78 is 5.16. The molecule has 0 unspecified atom stereocenters. The maximum absolute atomic E-state index is 12.2. The van der Waals surface area contributed by atoms with Gasteiger partial charge in [-0.3, -0.25) is 9.89 Å². The Bertz CT molecular complexity index is 717. The van der Waals surface area contributed by atoms with E-state index in [1.54, 1.807) is 7.11 Å². The highest BCUT2D eigenvalue weighted by atomic mass is 32.2. The lowest BCUT2D eigenvalue weighted by Gasteiger charge is -2.29. The van der Waals surface area contributed by atoms with Crippen LogP contribution >= 0.6 is 11.8 Å². The third-order valence-electron chi connectivity index (χ3n) is 4.83. The number of carbonyl (C=O) groups is 1. The summed E-state index contributed by atoms with van der Waals surface area (Å²) in [5.74, 6) is 2.61. The fourth-order valence-corrected chi connectivity index (χ4v) is 3.90. The maximum Gasteiger partial charge on any atom is 0.230 e. The van der Waals surface area contributed by atoms with E-state index in [2.05, 4.69) is 27.4 Å². The molecule has 7 heteroatoms. The van der Waals surface area contributed by atoms with Crippen molar-refractivity contribution in [1.29, 1.82) is 0 Å². The van der Waals surface area contributed by atoms with Crippen LogP contribution in [-0.4, -0.2) is 40.0 Å². The number of rotatable bonds is 7. The highest BCUT2D eigenvalue weighted by Gasteiger charge is 2.22. The van der Waals surface area contributed by atoms with E-state index in [1.165, 1.54) is 31.0 Å². The fraction of sp³-hybridized carbons (Fsp3) is 0.526. The minimum atomic E-state index is 0.0651. The van der Waals surface area contributed by atoms with Crippen molar-refractivity contribution in [3.05, 3.63) is 35.7 Å². The molecule has 2 atom stereocenters. The minimum Gasteiger partial charge on any atom is -0.497 e. The number of hydrogen-bond donors (Lipinski definition) is 2. The number of aromatic nitrogens is 3. The van der Waals surface area contributed by atoms with Gasteiger partial charge in [0.15, 0.2) is 0 Å². The highest BCUT2D eigenvalue weighted by molar-refractivity contribution is 7.99. The zero-order valence-electron chi connectivity index (χ0n) is 15.3. The van der Waals surface area contributed by atoms with Gasteiger partial charge in [-0.05, 0) is 36.5 Å². The van der Waals surface area contributed by atoms with Crippen molar-refractivity contribution >= 4 is 17.7 Å². The van der Waals surface area contributed by atoms with Gasteiger partial charge in [-0.25, -0.2) is 4.98 Å².